The monoisotopic (exact) mass is 419 g/mol. The van der Waals surface area contributed by atoms with Crippen LogP contribution in [-0.2, 0) is 11.2 Å². The van der Waals surface area contributed by atoms with Gasteiger partial charge in [-0.1, -0.05) is 12.1 Å². The van der Waals surface area contributed by atoms with Crippen molar-refractivity contribution in [1.82, 2.24) is 10.6 Å². The lowest BCUT2D eigenvalue weighted by atomic mass is 10.1. The van der Waals surface area contributed by atoms with Gasteiger partial charge in [0.1, 0.15) is 0 Å². The number of carbonyl (C=O) groups excluding carboxylic acids is 1. The van der Waals surface area contributed by atoms with E-state index in [-0.39, 0.29) is 35.5 Å². The molecular weight excluding hydrogens is 393 g/mol. The number of rotatable bonds is 4. The molecule has 0 aliphatic rings. The molecule has 0 spiro atoms. The zero-order valence-corrected chi connectivity index (χ0v) is 16.2. The van der Waals surface area contributed by atoms with E-state index in [1.165, 1.54) is 7.11 Å². The molecule has 2 N–H and O–H groups in total. The molecule has 0 unspecified atom stereocenters. The molecule has 0 aliphatic carbocycles. The minimum absolute atomic E-state index is 0. The average Bonchev–Trinajstić information content (AvgIpc) is 2.44. The van der Waals surface area contributed by atoms with Crippen LogP contribution >= 0.6 is 24.0 Å². The minimum atomic E-state index is -0.311. The lowest BCUT2D eigenvalue weighted by Gasteiger charge is -2.23. The summed E-state index contributed by atoms with van der Waals surface area (Å²) in [6, 6.07) is 7.44. The fraction of sp³-hybridized carbons (Fsp3) is 0.500. The first kappa shape index (κ1) is 20.7. The van der Waals surface area contributed by atoms with Gasteiger partial charge in [0.2, 0.25) is 0 Å². The van der Waals surface area contributed by atoms with Crippen LogP contribution in [0.1, 0.15) is 36.7 Å². The van der Waals surface area contributed by atoms with Crippen molar-refractivity contribution in [2.45, 2.75) is 32.7 Å². The van der Waals surface area contributed by atoms with Crippen LogP contribution in [0.5, 0.6) is 0 Å². The van der Waals surface area contributed by atoms with E-state index in [1.54, 1.807) is 19.2 Å². The number of methoxy groups -OCH3 is 1. The summed E-state index contributed by atoms with van der Waals surface area (Å²) in [5, 5.41) is 6.57. The van der Waals surface area contributed by atoms with Gasteiger partial charge >= 0.3 is 5.97 Å². The summed E-state index contributed by atoms with van der Waals surface area (Å²) in [6.45, 7) is 7.04. The van der Waals surface area contributed by atoms with E-state index < -0.39 is 0 Å². The van der Waals surface area contributed by atoms with Crippen molar-refractivity contribution in [3.8, 4) is 0 Å². The Hall–Kier alpha value is -1.31. The van der Waals surface area contributed by atoms with Crippen molar-refractivity contribution in [2.24, 2.45) is 4.99 Å². The zero-order valence-electron chi connectivity index (χ0n) is 13.9. The van der Waals surface area contributed by atoms with Gasteiger partial charge in [0, 0.05) is 19.1 Å². The summed E-state index contributed by atoms with van der Waals surface area (Å²) in [6.07, 6.45) is 0.853. The molecule has 1 aromatic carbocycles. The highest BCUT2D eigenvalue weighted by atomic mass is 127. The first-order valence-corrected chi connectivity index (χ1v) is 7.02. The number of aliphatic imine (C=N–C) groups is 1. The molecule has 0 radical (unpaired) electrons. The molecule has 22 heavy (non-hydrogen) atoms. The van der Waals surface area contributed by atoms with Gasteiger partial charge in [0.25, 0.3) is 0 Å². The second-order valence-corrected chi connectivity index (χ2v) is 5.81. The maximum Gasteiger partial charge on any atom is 0.337 e. The fourth-order valence-corrected chi connectivity index (χ4v) is 1.78. The lowest BCUT2D eigenvalue weighted by molar-refractivity contribution is 0.0600. The first-order valence-electron chi connectivity index (χ1n) is 7.02. The molecular formula is C16H26IN3O2. The van der Waals surface area contributed by atoms with Crippen molar-refractivity contribution in [3.05, 3.63) is 35.4 Å². The third-order valence-corrected chi connectivity index (χ3v) is 2.80. The molecule has 0 bridgehead atoms. The van der Waals surface area contributed by atoms with Gasteiger partial charge in [-0.3, -0.25) is 4.99 Å². The van der Waals surface area contributed by atoms with Crippen LogP contribution in [0.25, 0.3) is 0 Å². The van der Waals surface area contributed by atoms with Gasteiger partial charge < -0.3 is 15.4 Å². The van der Waals surface area contributed by atoms with Crippen LogP contribution < -0.4 is 10.6 Å². The Labute approximate surface area is 149 Å². The summed E-state index contributed by atoms with van der Waals surface area (Å²) < 4.78 is 4.67. The Bertz CT molecular complexity index is 493. The van der Waals surface area contributed by atoms with Crippen LogP contribution in [0.3, 0.4) is 0 Å². The summed E-state index contributed by atoms with van der Waals surface area (Å²) in [5.41, 5.74) is 1.70. The number of carbonyl (C=O) groups is 1. The van der Waals surface area contributed by atoms with Crippen molar-refractivity contribution in [2.75, 3.05) is 20.7 Å². The number of nitrogens with zero attached hydrogens (tertiary/aromatic N) is 1. The predicted molar refractivity (Wildman–Crippen MR) is 101 cm³/mol. The van der Waals surface area contributed by atoms with Gasteiger partial charge in [-0.15, -0.1) is 24.0 Å². The molecule has 124 valence electrons. The molecule has 1 aromatic rings. The summed E-state index contributed by atoms with van der Waals surface area (Å²) >= 11 is 0. The van der Waals surface area contributed by atoms with Crippen molar-refractivity contribution in [1.29, 1.82) is 0 Å². The molecule has 5 nitrogen and oxygen atoms in total. The van der Waals surface area contributed by atoms with Crippen molar-refractivity contribution in [3.63, 3.8) is 0 Å². The fourth-order valence-electron chi connectivity index (χ4n) is 1.78. The van der Waals surface area contributed by atoms with E-state index in [9.17, 15) is 4.79 Å². The number of esters is 1. The first-order chi connectivity index (χ1) is 9.85. The van der Waals surface area contributed by atoms with E-state index in [0.717, 1.165) is 24.5 Å². The molecule has 0 amide bonds. The maximum atomic E-state index is 11.3. The molecule has 0 atom stereocenters. The molecule has 0 saturated carbocycles. The minimum Gasteiger partial charge on any atom is -0.465 e. The van der Waals surface area contributed by atoms with Crippen LogP contribution in [0.2, 0.25) is 0 Å². The van der Waals surface area contributed by atoms with Gasteiger partial charge in [0.05, 0.1) is 12.7 Å². The van der Waals surface area contributed by atoms with E-state index in [0.29, 0.717) is 5.56 Å². The molecule has 0 heterocycles. The molecule has 0 saturated heterocycles. The molecule has 0 fully saturated rings. The number of ether oxygens (including phenoxy) is 1. The van der Waals surface area contributed by atoms with Gasteiger partial charge in [0.15, 0.2) is 5.96 Å². The van der Waals surface area contributed by atoms with E-state index in [1.807, 2.05) is 12.1 Å². The smallest absolute Gasteiger partial charge is 0.337 e. The quantitative estimate of drug-likeness (QED) is 0.341. The summed E-state index contributed by atoms with van der Waals surface area (Å²) in [4.78, 5) is 15.5. The molecule has 0 aliphatic heterocycles. The SMILES string of the molecule is CN=C(NCCc1ccc(C(=O)OC)cc1)NC(C)(C)C.I. The summed E-state index contributed by atoms with van der Waals surface area (Å²) in [7, 11) is 3.14. The topological polar surface area (TPSA) is 62.7 Å². The lowest BCUT2D eigenvalue weighted by Crippen LogP contribution is -2.48. The standard InChI is InChI=1S/C16H25N3O2.HI/c1-16(2,3)19-15(17-4)18-11-10-12-6-8-13(9-7-12)14(20)21-5;/h6-9H,10-11H2,1-5H3,(H2,17,18,19);1H. The molecule has 0 aromatic heterocycles. The largest absolute Gasteiger partial charge is 0.465 e. The average molecular weight is 419 g/mol. The number of hydrogen-bond acceptors (Lipinski definition) is 3. The van der Waals surface area contributed by atoms with Crippen LogP contribution in [0.4, 0.5) is 0 Å². The zero-order chi connectivity index (χ0) is 15.9. The van der Waals surface area contributed by atoms with E-state index >= 15 is 0 Å². The maximum absolute atomic E-state index is 11.3. The molecule has 1 rings (SSSR count). The van der Waals surface area contributed by atoms with Gasteiger partial charge in [-0.05, 0) is 44.9 Å². The molecule has 6 heteroatoms. The summed E-state index contributed by atoms with van der Waals surface area (Å²) in [5.74, 6) is 0.475. The third kappa shape index (κ3) is 7.63. The number of halogens is 1. The highest BCUT2D eigenvalue weighted by Gasteiger charge is 2.11. The van der Waals surface area contributed by atoms with Crippen LogP contribution in [0, 0.1) is 0 Å². The van der Waals surface area contributed by atoms with E-state index in [2.05, 4.69) is 41.1 Å². The van der Waals surface area contributed by atoms with E-state index in [4.69, 9.17) is 0 Å². The highest BCUT2D eigenvalue weighted by molar-refractivity contribution is 14.0. The Morgan fingerprint density at radius 3 is 2.27 bits per heavy atom. The normalized spacial score (nSPS) is 11.4. The Morgan fingerprint density at radius 1 is 1.23 bits per heavy atom. The van der Waals surface area contributed by atoms with Crippen molar-refractivity contribution >= 4 is 35.9 Å². The van der Waals surface area contributed by atoms with Crippen molar-refractivity contribution < 1.29 is 9.53 Å². The third-order valence-electron chi connectivity index (χ3n) is 2.80. The number of nitrogens with one attached hydrogen (secondary N) is 2. The Morgan fingerprint density at radius 2 is 1.82 bits per heavy atom. The number of hydrogen-bond donors (Lipinski definition) is 2. The van der Waals surface area contributed by atoms with Gasteiger partial charge in [-0.2, -0.15) is 0 Å². The van der Waals surface area contributed by atoms with Gasteiger partial charge in [-0.25, -0.2) is 4.79 Å². The highest BCUT2D eigenvalue weighted by Crippen LogP contribution is 2.06. The Balaban J connectivity index is 0.00000441. The Kier molecular flexibility index (Phi) is 9.08. The number of guanidine groups is 1. The van der Waals surface area contributed by atoms with Crippen LogP contribution in [-0.4, -0.2) is 38.2 Å². The number of benzene rings is 1. The predicted octanol–water partition coefficient (Wildman–Crippen LogP) is 2.60. The second-order valence-electron chi connectivity index (χ2n) is 5.81. The second kappa shape index (κ2) is 9.66. The van der Waals surface area contributed by atoms with Crippen LogP contribution in [0.15, 0.2) is 29.3 Å².